The van der Waals surface area contributed by atoms with Gasteiger partial charge in [0.2, 0.25) is 5.75 Å². The largest absolute Gasteiger partial charge is 0.490 e. The monoisotopic (exact) mass is 362 g/mol. The molecule has 26 heavy (non-hydrogen) atoms. The molecule has 1 fully saturated rings. The van der Waals surface area contributed by atoms with Crippen molar-refractivity contribution in [2.45, 2.75) is 53.4 Å². The molecule has 0 aromatic heterocycles. The number of ether oxygens (including phenoxy) is 3. The molecule has 6 heteroatoms. The molecule has 1 aromatic rings. The van der Waals surface area contributed by atoms with Gasteiger partial charge in [-0.25, -0.2) is 5.43 Å². The number of hydrogen-bond acceptors (Lipinski definition) is 5. The number of carbonyl (C=O) groups excluding carboxylic acids is 1. The van der Waals surface area contributed by atoms with Crippen molar-refractivity contribution in [1.29, 1.82) is 0 Å². The van der Waals surface area contributed by atoms with Crippen LogP contribution in [0.2, 0.25) is 0 Å². The molecule has 144 valence electrons. The van der Waals surface area contributed by atoms with Crippen LogP contribution in [0.1, 0.15) is 63.7 Å². The Morgan fingerprint density at radius 3 is 2.23 bits per heavy atom. The van der Waals surface area contributed by atoms with Gasteiger partial charge in [0.25, 0.3) is 5.91 Å². The fourth-order valence-corrected chi connectivity index (χ4v) is 3.04. The molecule has 0 radical (unpaired) electrons. The Bertz CT molecular complexity index is 616. The van der Waals surface area contributed by atoms with Crippen molar-refractivity contribution >= 4 is 11.6 Å². The summed E-state index contributed by atoms with van der Waals surface area (Å²) in [6.07, 6.45) is 4.42. The number of amides is 1. The van der Waals surface area contributed by atoms with Crippen molar-refractivity contribution in [3.05, 3.63) is 17.7 Å². The maximum Gasteiger partial charge on any atom is 0.271 e. The highest BCUT2D eigenvalue weighted by Crippen LogP contribution is 2.39. The Morgan fingerprint density at radius 2 is 1.69 bits per heavy atom. The standard InChI is InChI=1S/C20H30N2O4/c1-5-24-17-12-15(13-18(25-6-2)19(17)26-7-3)20(23)22-21-16-11-9-8-10-14(16)4/h12-14H,5-11H2,1-4H3,(H,22,23)/b21-16-/t14-/m1/s1. The molecule has 1 aliphatic rings. The zero-order valence-electron chi connectivity index (χ0n) is 16.3. The van der Waals surface area contributed by atoms with Gasteiger partial charge in [-0.15, -0.1) is 0 Å². The number of benzene rings is 1. The topological polar surface area (TPSA) is 69.2 Å². The van der Waals surface area contributed by atoms with E-state index in [1.165, 1.54) is 6.42 Å². The molecule has 0 spiro atoms. The first-order chi connectivity index (χ1) is 12.6. The average Bonchev–Trinajstić information content (AvgIpc) is 2.63. The summed E-state index contributed by atoms with van der Waals surface area (Å²) in [4.78, 5) is 12.6. The van der Waals surface area contributed by atoms with Crippen molar-refractivity contribution in [2.75, 3.05) is 19.8 Å². The molecule has 0 saturated heterocycles. The van der Waals surface area contributed by atoms with E-state index < -0.39 is 0 Å². The highest BCUT2D eigenvalue weighted by molar-refractivity contribution is 5.97. The molecule has 0 unspecified atom stereocenters. The molecule has 1 amide bonds. The number of carbonyl (C=O) groups is 1. The van der Waals surface area contributed by atoms with Gasteiger partial charge < -0.3 is 14.2 Å². The highest BCUT2D eigenvalue weighted by Gasteiger charge is 2.19. The zero-order chi connectivity index (χ0) is 18.9. The Kier molecular flexibility index (Phi) is 7.75. The summed E-state index contributed by atoms with van der Waals surface area (Å²) in [5.41, 5.74) is 4.19. The lowest BCUT2D eigenvalue weighted by Gasteiger charge is -2.20. The van der Waals surface area contributed by atoms with Crippen molar-refractivity contribution in [3.63, 3.8) is 0 Å². The highest BCUT2D eigenvalue weighted by atomic mass is 16.5. The summed E-state index contributed by atoms with van der Waals surface area (Å²) in [6.45, 7) is 9.25. The van der Waals surface area contributed by atoms with Crippen LogP contribution >= 0.6 is 0 Å². The molecule has 0 aliphatic heterocycles. The molecule has 2 rings (SSSR count). The third kappa shape index (κ3) is 5.13. The van der Waals surface area contributed by atoms with E-state index in [0.29, 0.717) is 48.6 Å². The molecule has 1 saturated carbocycles. The van der Waals surface area contributed by atoms with Gasteiger partial charge in [-0.3, -0.25) is 4.79 Å². The fraction of sp³-hybridized carbons (Fsp3) is 0.600. The predicted molar refractivity (Wildman–Crippen MR) is 102 cm³/mol. The van der Waals surface area contributed by atoms with Gasteiger partial charge in [-0.05, 0) is 58.1 Å². The van der Waals surface area contributed by atoms with E-state index in [1.807, 2.05) is 20.8 Å². The Morgan fingerprint density at radius 1 is 1.08 bits per heavy atom. The van der Waals surface area contributed by atoms with E-state index in [0.717, 1.165) is 25.0 Å². The van der Waals surface area contributed by atoms with Crippen LogP contribution in [0.4, 0.5) is 0 Å². The van der Waals surface area contributed by atoms with E-state index >= 15 is 0 Å². The second-order valence-electron chi connectivity index (χ2n) is 6.29. The third-order valence-electron chi connectivity index (χ3n) is 4.36. The summed E-state index contributed by atoms with van der Waals surface area (Å²) < 4.78 is 17.0. The van der Waals surface area contributed by atoms with Gasteiger partial charge in [0.1, 0.15) is 0 Å². The molecule has 1 aliphatic carbocycles. The van der Waals surface area contributed by atoms with Gasteiger partial charge >= 0.3 is 0 Å². The van der Waals surface area contributed by atoms with E-state index in [-0.39, 0.29) is 5.91 Å². The van der Waals surface area contributed by atoms with E-state index in [1.54, 1.807) is 12.1 Å². The number of rotatable bonds is 8. The minimum absolute atomic E-state index is 0.278. The molecule has 0 heterocycles. The lowest BCUT2D eigenvalue weighted by Crippen LogP contribution is -2.24. The van der Waals surface area contributed by atoms with Gasteiger partial charge in [0.05, 0.1) is 19.8 Å². The number of nitrogens with one attached hydrogen (secondary N) is 1. The number of nitrogens with zero attached hydrogens (tertiary/aromatic N) is 1. The summed E-state index contributed by atoms with van der Waals surface area (Å²) in [6, 6.07) is 3.35. The van der Waals surface area contributed by atoms with Crippen molar-refractivity contribution in [3.8, 4) is 17.2 Å². The minimum atomic E-state index is -0.278. The van der Waals surface area contributed by atoms with Gasteiger partial charge in [-0.2, -0.15) is 5.10 Å². The van der Waals surface area contributed by atoms with Crippen LogP contribution in [0.3, 0.4) is 0 Å². The van der Waals surface area contributed by atoms with Crippen molar-refractivity contribution in [1.82, 2.24) is 5.43 Å². The van der Waals surface area contributed by atoms with Crippen LogP contribution < -0.4 is 19.6 Å². The van der Waals surface area contributed by atoms with Crippen molar-refractivity contribution in [2.24, 2.45) is 11.0 Å². The molecule has 6 nitrogen and oxygen atoms in total. The van der Waals surface area contributed by atoms with Gasteiger partial charge in [0, 0.05) is 11.3 Å². The normalized spacial score (nSPS) is 18.5. The quantitative estimate of drug-likeness (QED) is 0.705. The van der Waals surface area contributed by atoms with Gasteiger partial charge in [0.15, 0.2) is 11.5 Å². The molecule has 1 atom stereocenters. The lowest BCUT2D eigenvalue weighted by atomic mass is 9.89. The van der Waals surface area contributed by atoms with Crippen LogP contribution in [0, 0.1) is 5.92 Å². The van der Waals surface area contributed by atoms with E-state index in [9.17, 15) is 4.79 Å². The molecular weight excluding hydrogens is 332 g/mol. The third-order valence-corrected chi connectivity index (χ3v) is 4.36. The maximum absolute atomic E-state index is 12.6. The number of hydrogen-bond donors (Lipinski definition) is 1. The Balaban J connectivity index is 2.26. The molecule has 1 aromatic carbocycles. The van der Waals surface area contributed by atoms with Crippen LogP contribution in [-0.2, 0) is 0 Å². The average molecular weight is 362 g/mol. The SMILES string of the molecule is CCOc1cc(C(=O)N/N=C2/CCCC[C@H]2C)cc(OCC)c1OCC. The first-order valence-electron chi connectivity index (χ1n) is 9.53. The van der Waals surface area contributed by atoms with Crippen LogP contribution in [0.25, 0.3) is 0 Å². The second kappa shape index (κ2) is 10.0. The number of hydrazone groups is 1. The first kappa shape index (κ1) is 20.1. The lowest BCUT2D eigenvalue weighted by molar-refractivity contribution is 0.0953. The Hall–Kier alpha value is -2.24. The summed E-state index contributed by atoms with van der Waals surface area (Å²) in [7, 11) is 0. The second-order valence-corrected chi connectivity index (χ2v) is 6.29. The minimum Gasteiger partial charge on any atom is -0.490 e. The van der Waals surface area contributed by atoms with Crippen LogP contribution in [0.15, 0.2) is 17.2 Å². The van der Waals surface area contributed by atoms with Gasteiger partial charge in [-0.1, -0.05) is 13.3 Å². The molecule has 0 bridgehead atoms. The van der Waals surface area contributed by atoms with Crippen LogP contribution in [-0.4, -0.2) is 31.4 Å². The van der Waals surface area contributed by atoms with E-state index in [2.05, 4.69) is 17.5 Å². The first-order valence-corrected chi connectivity index (χ1v) is 9.53. The maximum atomic E-state index is 12.6. The van der Waals surface area contributed by atoms with Crippen molar-refractivity contribution < 1.29 is 19.0 Å². The summed E-state index contributed by atoms with van der Waals surface area (Å²) in [5, 5.41) is 4.35. The zero-order valence-corrected chi connectivity index (χ0v) is 16.3. The predicted octanol–water partition coefficient (Wildman–Crippen LogP) is 4.18. The smallest absolute Gasteiger partial charge is 0.271 e. The van der Waals surface area contributed by atoms with Crippen LogP contribution in [0.5, 0.6) is 17.2 Å². The Labute approximate surface area is 155 Å². The summed E-state index contributed by atoms with van der Waals surface area (Å²) in [5.74, 6) is 1.68. The molecular formula is C20H30N2O4. The van der Waals surface area contributed by atoms with E-state index in [4.69, 9.17) is 14.2 Å². The summed E-state index contributed by atoms with van der Waals surface area (Å²) >= 11 is 0. The fourth-order valence-electron chi connectivity index (χ4n) is 3.04. The molecule has 1 N–H and O–H groups in total.